The Hall–Kier alpha value is -1.69. The zero-order chi connectivity index (χ0) is 14.8. The molecule has 0 radical (unpaired) electrons. The molecule has 0 aliphatic carbocycles. The molecule has 0 aromatic carbocycles. The second-order valence-corrected chi connectivity index (χ2v) is 5.94. The van der Waals surface area contributed by atoms with Crippen LogP contribution in [0.5, 0.6) is 0 Å². The van der Waals surface area contributed by atoms with Gasteiger partial charge in [0.2, 0.25) is 0 Å². The van der Waals surface area contributed by atoms with Crippen molar-refractivity contribution < 1.29 is 4.52 Å². The quantitative estimate of drug-likeness (QED) is 0.864. The van der Waals surface area contributed by atoms with Gasteiger partial charge in [-0.25, -0.2) is 9.67 Å². The maximum absolute atomic E-state index is 5.37. The lowest BCUT2D eigenvalue weighted by atomic mass is 10.0. The molecule has 0 N–H and O–H groups in total. The van der Waals surface area contributed by atoms with E-state index in [0.29, 0.717) is 6.04 Å². The molecule has 114 valence electrons. The minimum atomic E-state index is 0.490. The van der Waals surface area contributed by atoms with Crippen molar-refractivity contribution in [3.8, 4) is 0 Å². The average molecular weight is 289 g/mol. The van der Waals surface area contributed by atoms with Gasteiger partial charge < -0.3 is 4.52 Å². The topological polar surface area (TPSA) is 60.0 Å². The molecule has 1 fully saturated rings. The lowest BCUT2D eigenvalue weighted by molar-refractivity contribution is 0.109. The fourth-order valence-corrected chi connectivity index (χ4v) is 3.10. The molecule has 1 atom stereocenters. The van der Waals surface area contributed by atoms with Crippen LogP contribution < -0.4 is 0 Å². The van der Waals surface area contributed by atoms with E-state index in [4.69, 9.17) is 4.52 Å². The highest BCUT2D eigenvalue weighted by atomic mass is 16.5. The number of hydrogen-bond acceptors (Lipinski definition) is 5. The van der Waals surface area contributed by atoms with E-state index in [9.17, 15) is 0 Å². The van der Waals surface area contributed by atoms with Crippen LogP contribution in [-0.2, 0) is 13.1 Å². The van der Waals surface area contributed by atoms with Gasteiger partial charge >= 0.3 is 0 Å². The van der Waals surface area contributed by atoms with Crippen molar-refractivity contribution >= 4 is 0 Å². The summed E-state index contributed by atoms with van der Waals surface area (Å²) in [6.07, 6.45) is 3.73. The Balaban J connectivity index is 1.70. The molecule has 0 unspecified atom stereocenters. The van der Waals surface area contributed by atoms with Gasteiger partial charge in [0.1, 0.15) is 11.6 Å². The lowest BCUT2D eigenvalue weighted by Gasteiger charge is -2.34. The third-order valence-electron chi connectivity index (χ3n) is 4.13. The predicted octanol–water partition coefficient (Wildman–Crippen LogP) is 2.25. The maximum Gasteiger partial charge on any atom is 0.150 e. The van der Waals surface area contributed by atoms with E-state index in [1.807, 2.05) is 31.5 Å². The Kier molecular flexibility index (Phi) is 4.05. The highest BCUT2D eigenvalue weighted by Gasteiger charge is 2.25. The number of hydrogen-bond donors (Lipinski definition) is 0. The van der Waals surface area contributed by atoms with Crippen LogP contribution in [-0.4, -0.2) is 37.4 Å². The van der Waals surface area contributed by atoms with Crippen LogP contribution >= 0.6 is 0 Å². The third-order valence-corrected chi connectivity index (χ3v) is 4.13. The van der Waals surface area contributed by atoms with Gasteiger partial charge in [0, 0.05) is 12.1 Å². The summed E-state index contributed by atoms with van der Waals surface area (Å²) in [6, 6.07) is 2.51. The molecule has 1 aliphatic heterocycles. The molecule has 0 amide bonds. The van der Waals surface area contributed by atoms with Crippen molar-refractivity contribution in [3.05, 3.63) is 29.2 Å². The van der Waals surface area contributed by atoms with Gasteiger partial charge in [0.15, 0.2) is 5.76 Å². The Morgan fingerprint density at radius 2 is 2.14 bits per heavy atom. The number of nitrogens with zero attached hydrogens (tertiary/aromatic N) is 5. The van der Waals surface area contributed by atoms with E-state index in [2.05, 4.69) is 20.1 Å². The van der Waals surface area contributed by atoms with E-state index in [-0.39, 0.29) is 0 Å². The minimum Gasteiger partial charge on any atom is -0.360 e. The van der Waals surface area contributed by atoms with Gasteiger partial charge in [0.25, 0.3) is 0 Å². The van der Waals surface area contributed by atoms with Crippen molar-refractivity contribution in [2.75, 3.05) is 6.54 Å². The first-order chi connectivity index (χ1) is 10.1. The standard InChI is InChI=1S/C15H23N5O/c1-11-8-15(21-18-11)10-19-7-5-4-6-14(19)9-20-13(3)16-12(2)17-20/h8,14H,4-7,9-10H2,1-3H3/t14-/m1/s1. The monoisotopic (exact) mass is 289 g/mol. The van der Waals surface area contributed by atoms with Crippen molar-refractivity contribution in [2.24, 2.45) is 0 Å². The van der Waals surface area contributed by atoms with Crippen LogP contribution in [0.15, 0.2) is 10.6 Å². The lowest BCUT2D eigenvalue weighted by Crippen LogP contribution is -2.41. The zero-order valence-corrected chi connectivity index (χ0v) is 13.0. The molecule has 2 aromatic heterocycles. The van der Waals surface area contributed by atoms with Crippen molar-refractivity contribution in [3.63, 3.8) is 0 Å². The Morgan fingerprint density at radius 1 is 1.29 bits per heavy atom. The second-order valence-electron chi connectivity index (χ2n) is 5.94. The number of likely N-dealkylation sites (tertiary alicyclic amines) is 1. The fourth-order valence-electron chi connectivity index (χ4n) is 3.10. The van der Waals surface area contributed by atoms with Crippen LogP contribution in [0, 0.1) is 20.8 Å². The SMILES string of the molecule is Cc1cc(CN2CCCC[C@@H]2Cn2nc(C)nc2C)on1. The van der Waals surface area contributed by atoms with Crippen LogP contribution in [0.2, 0.25) is 0 Å². The summed E-state index contributed by atoms with van der Waals surface area (Å²) in [7, 11) is 0. The largest absolute Gasteiger partial charge is 0.360 e. The van der Waals surface area contributed by atoms with Gasteiger partial charge in [-0.15, -0.1) is 0 Å². The zero-order valence-electron chi connectivity index (χ0n) is 13.0. The smallest absolute Gasteiger partial charge is 0.150 e. The average Bonchev–Trinajstić information content (AvgIpc) is 2.98. The summed E-state index contributed by atoms with van der Waals surface area (Å²) in [4.78, 5) is 6.88. The normalized spacial score (nSPS) is 20.0. The summed E-state index contributed by atoms with van der Waals surface area (Å²) < 4.78 is 7.40. The van der Waals surface area contributed by atoms with Crippen molar-refractivity contribution in [1.82, 2.24) is 24.8 Å². The number of rotatable bonds is 4. The first kappa shape index (κ1) is 14.3. The summed E-state index contributed by atoms with van der Waals surface area (Å²) in [6.45, 7) is 8.77. The molecule has 0 saturated carbocycles. The van der Waals surface area contributed by atoms with Crippen molar-refractivity contribution in [2.45, 2.75) is 59.2 Å². The molecule has 0 spiro atoms. The maximum atomic E-state index is 5.37. The highest BCUT2D eigenvalue weighted by molar-refractivity contribution is 5.03. The molecule has 3 heterocycles. The molecule has 6 heteroatoms. The van der Waals surface area contributed by atoms with E-state index < -0.39 is 0 Å². The molecule has 21 heavy (non-hydrogen) atoms. The van der Waals surface area contributed by atoms with Gasteiger partial charge in [0.05, 0.1) is 18.8 Å². The van der Waals surface area contributed by atoms with Gasteiger partial charge in [-0.2, -0.15) is 5.10 Å². The second kappa shape index (κ2) is 5.97. The van der Waals surface area contributed by atoms with Crippen LogP contribution in [0.4, 0.5) is 0 Å². The minimum absolute atomic E-state index is 0.490. The molecule has 2 aromatic rings. The summed E-state index contributed by atoms with van der Waals surface area (Å²) in [5.74, 6) is 2.79. The molecular formula is C15H23N5O. The molecule has 3 rings (SSSR count). The van der Waals surface area contributed by atoms with Gasteiger partial charge in [-0.05, 0) is 40.2 Å². The summed E-state index contributed by atoms with van der Waals surface area (Å²) in [5, 5.41) is 8.47. The summed E-state index contributed by atoms with van der Waals surface area (Å²) in [5.41, 5.74) is 0.946. The Bertz CT molecular complexity index is 603. The van der Waals surface area contributed by atoms with E-state index in [1.54, 1.807) is 0 Å². The Morgan fingerprint density at radius 3 is 2.81 bits per heavy atom. The summed E-state index contributed by atoms with van der Waals surface area (Å²) >= 11 is 0. The first-order valence-electron chi connectivity index (χ1n) is 7.66. The van der Waals surface area contributed by atoms with E-state index >= 15 is 0 Å². The Labute approximate surface area is 125 Å². The van der Waals surface area contributed by atoms with Gasteiger partial charge in [-0.3, -0.25) is 4.90 Å². The first-order valence-corrected chi connectivity index (χ1v) is 7.66. The molecule has 0 bridgehead atoms. The third kappa shape index (κ3) is 3.32. The van der Waals surface area contributed by atoms with Crippen LogP contribution in [0.3, 0.4) is 0 Å². The van der Waals surface area contributed by atoms with Crippen LogP contribution in [0.25, 0.3) is 0 Å². The molecular weight excluding hydrogens is 266 g/mol. The highest BCUT2D eigenvalue weighted by Crippen LogP contribution is 2.21. The number of aryl methyl sites for hydroxylation is 3. The number of piperidine rings is 1. The van der Waals surface area contributed by atoms with E-state index in [1.165, 1.54) is 19.3 Å². The number of aromatic nitrogens is 4. The molecule has 1 aliphatic rings. The molecule has 1 saturated heterocycles. The van der Waals surface area contributed by atoms with Gasteiger partial charge in [-0.1, -0.05) is 11.6 Å². The molecule has 6 nitrogen and oxygen atoms in total. The predicted molar refractivity (Wildman–Crippen MR) is 78.8 cm³/mol. The fraction of sp³-hybridized carbons (Fsp3) is 0.667. The van der Waals surface area contributed by atoms with Crippen molar-refractivity contribution in [1.29, 1.82) is 0 Å². The van der Waals surface area contributed by atoms with Crippen LogP contribution in [0.1, 0.15) is 42.4 Å². The van der Waals surface area contributed by atoms with E-state index in [0.717, 1.165) is 42.7 Å².